The Labute approximate surface area is 342 Å². The van der Waals surface area contributed by atoms with E-state index >= 15 is 0 Å². The van der Waals surface area contributed by atoms with Gasteiger partial charge in [-0.05, 0) is 75.9 Å². The molecule has 7 rings (SSSR count). The smallest absolute Gasteiger partial charge is 0.251 e. The summed E-state index contributed by atoms with van der Waals surface area (Å²) in [6, 6.07) is 16.4. The van der Waals surface area contributed by atoms with Crippen LogP contribution in [0.2, 0.25) is 0 Å². The van der Waals surface area contributed by atoms with Crippen molar-refractivity contribution in [1.29, 1.82) is 0 Å². The number of hydrogen-bond acceptors (Lipinski definition) is 14. The van der Waals surface area contributed by atoms with Gasteiger partial charge < -0.3 is 43.0 Å². The predicted molar refractivity (Wildman–Crippen MR) is 228 cm³/mol. The predicted octanol–water partition coefficient (Wildman–Crippen LogP) is 2.82. The quantitative estimate of drug-likeness (QED) is 0.124. The lowest BCUT2D eigenvalue weighted by Gasteiger charge is -2.34. The number of piperidine rings is 2. The molecule has 4 aromatic heterocycles. The van der Waals surface area contributed by atoms with Crippen LogP contribution in [0.25, 0.3) is 0 Å². The number of aromatic nitrogens is 6. The number of nitrogen functional groups attached to an aromatic ring is 3. The van der Waals surface area contributed by atoms with Crippen LogP contribution in [0.15, 0.2) is 67.0 Å². The Kier molecular flexibility index (Phi) is 12.3. The van der Waals surface area contributed by atoms with Crippen molar-refractivity contribution in [2.75, 3.05) is 65.0 Å². The van der Waals surface area contributed by atoms with Crippen LogP contribution in [0.1, 0.15) is 69.7 Å². The molecular weight excluding hydrogens is 745 g/mol. The summed E-state index contributed by atoms with van der Waals surface area (Å²) in [6.45, 7) is 6.47. The molecule has 0 atom stereocenters. The Morgan fingerprint density at radius 3 is 1.69 bits per heavy atom. The number of anilines is 6. The fraction of sp³-hybridized carbons (Fsp3) is 0.302. The number of rotatable bonds is 8. The van der Waals surface area contributed by atoms with Gasteiger partial charge in [0.05, 0.1) is 29.1 Å². The Morgan fingerprint density at radius 2 is 1.19 bits per heavy atom. The van der Waals surface area contributed by atoms with Crippen molar-refractivity contribution < 1.29 is 9.59 Å². The van der Waals surface area contributed by atoms with Gasteiger partial charge in [0, 0.05) is 67.3 Å². The molecule has 0 bridgehead atoms. The topological polar surface area (TPSA) is 232 Å². The number of nitrogens with one attached hydrogen (secondary N) is 3. The molecule has 6 heterocycles. The molecule has 1 aromatic carbocycles. The monoisotopic (exact) mass is 790 g/mol. The summed E-state index contributed by atoms with van der Waals surface area (Å²) >= 11 is 0. The van der Waals surface area contributed by atoms with E-state index in [9.17, 15) is 9.59 Å². The van der Waals surface area contributed by atoms with Crippen LogP contribution in [0.4, 0.5) is 35.2 Å². The van der Waals surface area contributed by atoms with Crippen molar-refractivity contribution in [1.82, 2.24) is 40.5 Å². The molecule has 2 aliphatic rings. The molecule has 2 aliphatic heterocycles. The first kappa shape index (κ1) is 39.8. The maximum Gasteiger partial charge on any atom is 0.251 e. The second-order valence-electron chi connectivity index (χ2n) is 14.4. The molecular formula is C43H46N14O2. The lowest BCUT2D eigenvalue weighted by molar-refractivity contribution is -0.120. The van der Waals surface area contributed by atoms with Crippen molar-refractivity contribution in [2.45, 2.75) is 51.6 Å². The average Bonchev–Trinajstić information content (AvgIpc) is 3.24. The number of aryl methyl sites for hydroxylation is 2. The number of benzene rings is 1. The molecule has 9 N–H and O–H groups in total. The van der Waals surface area contributed by atoms with Gasteiger partial charge >= 0.3 is 0 Å². The summed E-state index contributed by atoms with van der Waals surface area (Å²) in [7, 11) is 0. The van der Waals surface area contributed by atoms with E-state index in [4.69, 9.17) is 17.2 Å². The molecule has 16 heteroatoms. The first-order valence-corrected chi connectivity index (χ1v) is 19.5. The molecule has 2 fully saturated rings. The zero-order valence-electron chi connectivity index (χ0n) is 33.0. The molecule has 0 saturated carbocycles. The van der Waals surface area contributed by atoms with Crippen LogP contribution in [0.5, 0.6) is 0 Å². The van der Waals surface area contributed by atoms with Gasteiger partial charge in [0.1, 0.15) is 23.3 Å². The first-order valence-electron chi connectivity index (χ1n) is 19.5. The van der Waals surface area contributed by atoms with Gasteiger partial charge in [-0.15, -0.1) is 0 Å². The minimum absolute atomic E-state index is 0.000591. The molecule has 0 spiro atoms. The van der Waals surface area contributed by atoms with E-state index in [2.05, 4.69) is 79.3 Å². The third-order valence-electron chi connectivity index (χ3n) is 10.1. The van der Waals surface area contributed by atoms with Gasteiger partial charge in [-0.25, -0.2) is 19.9 Å². The molecule has 0 radical (unpaired) electrons. The summed E-state index contributed by atoms with van der Waals surface area (Å²) in [5, 5.41) is 9.39. The van der Waals surface area contributed by atoms with E-state index in [1.165, 1.54) is 0 Å². The minimum atomic E-state index is -0.131. The lowest BCUT2D eigenvalue weighted by Crippen LogP contribution is -2.46. The molecule has 16 nitrogen and oxygen atoms in total. The number of nitrogens with two attached hydrogens (primary N) is 3. The van der Waals surface area contributed by atoms with Crippen LogP contribution in [-0.4, -0.2) is 86.5 Å². The molecule has 59 heavy (non-hydrogen) atoms. The maximum absolute atomic E-state index is 12.9. The summed E-state index contributed by atoms with van der Waals surface area (Å²) in [5.74, 6) is 15.2. The van der Waals surface area contributed by atoms with Gasteiger partial charge in [0.15, 0.2) is 0 Å². The molecule has 5 aromatic rings. The number of nitrogens with zero attached hydrogens (tertiary/aromatic N) is 8. The fourth-order valence-corrected chi connectivity index (χ4v) is 7.01. The van der Waals surface area contributed by atoms with E-state index in [0.29, 0.717) is 83.1 Å². The molecule has 2 saturated heterocycles. The Balaban J connectivity index is 0.899. The van der Waals surface area contributed by atoms with E-state index in [0.717, 1.165) is 31.2 Å². The summed E-state index contributed by atoms with van der Waals surface area (Å²) in [4.78, 5) is 56.3. The number of pyridine rings is 2. The Morgan fingerprint density at radius 1 is 0.661 bits per heavy atom. The van der Waals surface area contributed by atoms with Gasteiger partial charge in [0.25, 0.3) is 5.91 Å². The SMILES string of the molecule is Cc1nc(N)nc(N2CCC(NC(=O)CNc3ccc(C#Cc4c(C)nc(N)nc4N4CCC(NC(=O)c5ccccc5)CC4)cn3)CC2)c1C#Cc1ccc(N)nc1. The maximum atomic E-state index is 12.9. The molecule has 0 unspecified atom stereocenters. The standard InChI is InChI=1S/C43H46N14O2/c1-27-34(12-8-29-10-14-36(44)47-24-29)39(54-42(45)50-27)56-20-16-32(17-21-56)52-38(58)26-49-37-15-11-30(25-48-37)9-13-35-28(2)51-43(46)55-40(35)57-22-18-33(19-23-57)53-41(59)31-6-4-3-5-7-31/h3-7,10-11,14-15,24-25,32-33H,16-23,26H2,1-2H3,(H2,44,47)(H,48,49)(H,52,58)(H,53,59)(H2,45,50,54)(H2,46,51,55). The second kappa shape index (κ2) is 18.2. The molecule has 2 amide bonds. The number of carbonyl (C=O) groups is 2. The third-order valence-corrected chi connectivity index (χ3v) is 10.1. The third kappa shape index (κ3) is 10.3. The zero-order valence-corrected chi connectivity index (χ0v) is 33.0. The molecule has 0 aliphatic carbocycles. The number of hydrogen-bond donors (Lipinski definition) is 6. The van der Waals surface area contributed by atoms with Gasteiger partial charge in [0.2, 0.25) is 17.8 Å². The summed E-state index contributed by atoms with van der Waals surface area (Å²) in [6.07, 6.45) is 6.24. The number of amides is 2. The minimum Gasteiger partial charge on any atom is -0.384 e. The van der Waals surface area contributed by atoms with Crippen molar-refractivity contribution in [3.63, 3.8) is 0 Å². The normalized spacial score (nSPS) is 14.3. The highest BCUT2D eigenvalue weighted by molar-refractivity contribution is 5.94. The van der Waals surface area contributed by atoms with Crippen molar-refractivity contribution in [2.24, 2.45) is 0 Å². The highest BCUT2D eigenvalue weighted by atomic mass is 16.2. The van der Waals surface area contributed by atoms with Gasteiger partial charge in [-0.3, -0.25) is 9.59 Å². The van der Waals surface area contributed by atoms with E-state index in [1.807, 2.05) is 56.3 Å². The highest BCUT2D eigenvalue weighted by Crippen LogP contribution is 2.26. The van der Waals surface area contributed by atoms with Crippen LogP contribution < -0.4 is 43.0 Å². The van der Waals surface area contributed by atoms with Crippen molar-refractivity contribution in [3.8, 4) is 23.7 Å². The second-order valence-corrected chi connectivity index (χ2v) is 14.4. The van der Waals surface area contributed by atoms with Crippen molar-refractivity contribution in [3.05, 3.63) is 106 Å². The molecule has 300 valence electrons. The zero-order chi connectivity index (χ0) is 41.3. The van der Waals surface area contributed by atoms with Crippen molar-refractivity contribution >= 4 is 47.0 Å². The largest absolute Gasteiger partial charge is 0.384 e. The van der Waals surface area contributed by atoms with E-state index in [1.54, 1.807) is 24.5 Å². The number of carbonyl (C=O) groups excluding carboxylic acids is 2. The lowest BCUT2D eigenvalue weighted by atomic mass is 10.0. The summed E-state index contributed by atoms with van der Waals surface area (Å²) < 4.78 is 0. The van der Waals surface area contributed by atoms with Gasteiger partial charge in [-0.2, -0.15) is 9.97 Å². The highest BCUT2D eigenvalue weighted by Gasteiger charge is 2.26. The Hall–Kier alpha value is -7.46. The average molecular weight is 791 g/mol. The van der Waals surface area contributed by atoms with E-state index < -0.39 is 0 Å². The van der Waals surface area contributed by atoms with Crippen LogP contribution >= 0.6 is 0 Å². The van der Waals surface area contributed by atoms with Crippen LogP contribution in [0.3, 0.4) is 0 Å². The van der Waals surface area contributed by atoms with Crippen LogP contribution in [0, 0.1) is 37.5 Å². The van der Waals surface area contributed by atoms with Crippen LogP contribution in [-0.2, 0) is 4.79 Å². The summed E-state index contributed by atoms with van der Waals surface area (Å²) in [5.41, 5.74) is 22.6. The van der Waals surface area contributed by atoms with E-state index in [-0.39, 0.29) is 42.3 Å². The first-order chi connectivity index (χ1) is 28.6. The Bertz CT molecular complexity index is 2420. The fourth-order valence-electron chi connectivity index (χ4n) is 7.01. The van der Waals surface area contributed by atoms with Gasteiger partial charge in [-0.1, -0.05) is 41.9 Å².